The van der Waals surface area contributed by atoms with Crippen molar-refractivity contribution in [3.63, 3.8) is 0 Å². The van der Waals surface area contributed by atoms with Crippen molar-refractivity contribution in [3.05, 3.63) is 56.6 Å². The van der Waals surface area contributed by atoms with E-state index in [9.17, 15) is 4.79 Å². The van der Waals surface area contributed by atoms with Crippen LogP contribution in [0.1, 0.15) is 70.7 Å². The molecule has 2 heterocycles. The number of nitrogens with one attached hydrogen (secondary N) is 1. The quantitative estimate of drug-likeness (QED) is 0.519. The SMILES string of the molecule is Cc1nc(COc2ccc(Cl)cc2)sc1C(=O)NC(c1nc(C2CC2)no1)C(C)C. The third-order valence-electron chi connectivity index (χ3n) is 4.84. The Labute approximate surface area is 183 Å². The highest BCUT2D eigenvalue weighted by atomic mass is 35.5. The Morgan fingerprint density at radius 3 is 2.70 bits per heavy atom. The minimum atomic E-state index is -0.354. The van der Waals surface area contributed by atoms with Gasteiger partial charge in [-0.05, 0) is 49.9 Å². The Morgan fingerprint density at radius 2 is 2.03 bits per heavy atom. The van der Waals surface area contributed by atoms with Crippen molar-refractivity contribution < 1.29 is 14.1 Å². The Kier molecular flexibility index (Phi) is 6.06. The first-order valence-electron chi connectivity index (χ1n) is 9.89. The van der Waals surface area contributed by atoms with E-state index in [0.29, 0.717) is 33.2 Å². The summed E-state index contributed by atoms with van der Waals surface area (Å²) in [6.45, 7) is 6.12. The molecule has 3 aromatic rings. The molecule has 1 aliphatic carbocycles. The third kappa shape index (κ3) is 4.82. The number of aryl methyl sites for hydroxylation is 1. The Hall–Kier alpha value is -2.45. The molecule has 1 atom stereocenters. The van der Waals surface area contributed by atoms with Gasteiger partial charge in [-0.25, -0.2) is 4.98 Å². The Bertz CT molecular complexity index is 1030. The second kappa shape index (κ2) is 8.73. The van der Waals surface area contributed by atoms with Gasteiger partial charge in [-0.15, -0.1) is 11.3 Å². The second-order valence-electron chi connectivity index (χ2n) is 7.72. The Balaban J connectivity index is 1.43. The second-order valence-corrected chi connectivity index (χ2v) is 9.25. The van der Waals surface area contributed by atoms with E-state index < -0.39 is 0 Å². The van der Waals surface area contributed by atoms with E-state index >= 15 is 0 Å². The number of nitrogens with zero attached hydrogens (tertiary/aromatic N) is 3. The molecule has 0 aliphatic heterocycles. The molecule has 0 spiro atoms. The van der Waals surface area contributed by atoms with Crippen LogP contribution in [-0.2, 0) is 6.61 Å². The summed E-state index contributed by atoms with van der Waals surface area (Å²) in [6.07, 6.45) is 2.19. The fraction of sp³-hybridized carbons (Fsp3) is 0.429. The van der Waals surface area contributed by atoms with Gasteiger partial charge in [-0.3, -0.25) is 4.79 Å². The van der Waals surface area contributed by atoms with Gasteiger partial charge in [0.15, 0.2) is 5.82 Å². The van der Waals surface area contributed by atoms with Gasteiger partial charge in [0.2, 0.25) is 5.89 Å². The average molecular weight is 447 g/mol. The van der Waals surface area contributed by atoms with E-state index in [4.69, 9.17) is 20.9 Å². The van der Waals surface area contributed by atoms with Gasteiger partial charge in [0.25, 0.3) is 5.91 Å². The lowest BCUT2D eigenvalue weighted by Gasteiger charge is -2.18. The molecule has 1 aromatic carbocycles. The zero-order valence-electron chi connectivity index (χ0n) is 17.0. The van der Waals surface area contributed by atoms with Crippen molar-refractivity contribution >= 4 is 28.8 Å². The highest BCUT2D eigenvalue weighted by molar-refractivity contribution is 7.13. The molecule has 30 heavy (non-hydrogen) atoms. The molecule has 0 bridgehead atoms. The summed E-state index contributed by atoms with van der Waals surface area (Å²) < 4.78 is 11.2. The van der Waals surface area contributed by atoms with Crippen LogP contribution in [0.5, 0.6) is 5.75 Å². The number of halogens is 1. The van der Waals surface area contributed by atoms with Crippen LogP contribution in [0.2, 0.25) is 5.02 Å². The molecule has 0 radical (unpaired) electrons. The molecule has 158 valence electrons. The number of benzene rings is 1. The number of hydrogen-bond acceptors (Lipinski definition) is 7. The maximum atomic E-state index is 12.9. The molecule has 0 saturated heterocycles. The third-order valence-corrected chi connectivity index (χ3v) is 6.22. The molecule has 1 aliphatic rings. The van der Waals surface area contributed by atoms with Crippen molar-refractivity contribution in [3.8, 4) is 5.75 Å². The summed E-state index contributed by atoms with van der Waals surface area (Å²) in [5, 5.41) is 8.48. The molecule has 1 saturated carbocycles. The van der Waals surface area contributed by atoms with Gasteiger partial charge in [0.05, 0.1) is 5.69 Å². The summed E-state index contributed by atoms with van der Waals surface area (Å²) in [4.78, 5) is 22.5. The van der Waals surface area contributed by atoms with Crippen molar-refractivity contribution in [2.24, 2.45) is 5.92 Å². The number of carbonyl (C=O) groups is 1. The first-order valence-corrected chi connectivity index (χ1v) is 11.1. The monoisotopic (exact) mass is 446 g/mol. The lowest BCUT2D eigenvalue weighted by molar-refractivity contribution is 0.0917. The van der Waals surface area contributed by atoms with E-state index in [1.54, 1.807) is 24.3 Å². The van der Waals surface area contributed by atoms with E-state index in [1.165, 1.54) is 11.3 Å². The van der Waals surface area contributed by atoms with Crippen LogP contribution >= 0.6 is 22.9 Å². The van der Waals surface area contributed by atoms with Crippen LogP contribution in [0.25, 0.3) is 0 Å². The Morgan fingerprint density at radius 1 is 1.30 bits per heavy atom. The van der Waals surface area contributed by atoms with Gasteiger partial charge in [-0.2, -0.15) is 4.98 Å². The van der Waals surface area contributed by atoms with E-state index in [-0.39, 0.29) is 24.5 Å². The summed E-state index contributed by atoms with van der Waals surface area (Å²) in [5.41, 5.74) is 0.666. The molecule has 9 heteroatoms. The van der Waals surface area contributed by atoms with Crippen LogP contribution < -0.4 is 10.1 Å². The van der Waals surface area contributed by atoms with Crippen LogP contribution in [0.4, 0.5) is 0 Å². The highest BCUT2D eigenvalue weighted by Crippen LogP contribution is 2.38. The minimum absolute atomic E-state index is 0.0994. The molecular weight excluding hydrogens is 424 g/mol. The maximum absolute atomic E-state index is 12.9. The predicted octanol–water partition coefficient (Wildman–Crippen LogP) is 5.07. The summed E-state index contributed by atoms with van der Waals surface area (Å²) in [7, 11) is 0. The van der Waals surface area contributed by atoms with Crippen LogP contribution in [-0.4, -0.2) is 21.0 Å². The normalized spacial score (nSPS) is 14.7. The van der Waals surface area contributed by atoms with Gasteiger partial charge < -0.3 is 14.6 Å². The molecular formula is C21H23ClN4O3S. The molecule has 4 rings (SSSR count). The van der Waals surface area contributed by atoms with E-state index in [0.717, 1.165) is 23.7 Å². The van der Waals surface area contributed by atoms with Crippen LogP contribution in [0, 0.1) is 12.8 Å². The molecule has 1 unspecified atom stereocenters. The van der Waals surface area contributed by atoms with Gasteiger partial charge in [-0.1, -0.05) is 30.6 Å². The zero-order chi connectivity index (χ0) is 21.3. The number of carbonyl (C=O) groups excluding carboxylic acids is 1. The molecule has 1 N–H and O–H groups in total. The van der Waals surface area contributed by atoms with E-state index in [2.05, 4.69) is 20.4 Å². The largest absolute Gasteiger partial charge is 0.486 e. The highest BCUT2D eigenvalue weighted by Gasteiger charge is 2.32. The smallest absolute Gasteiger partial charge is 0.263 e. The average Bonchev–Trinajstić information content (AvgIpc) is 3.33. The first kappa shape index (κ1) is 20.8. The minimum Gasteiger partial charge on any atom is -0.486 e. The van der Waals surface area contributed by atoms with Crippen molar-refractivity contribution in [1.29, 1.82) is 0 Å². The van der Waals surface area contributed by atoms with Crippen molar-refractivity contribution in [1.82, 2.24) is 20.4 Å². The fourth-order valence-corrected chi connectivity index (χ4v) is 4.01. The van der Waals surface area contributed by atoms with Crippen molar-refractivity contribution in [2.45, 2.75) is 52.2 Å². The van der Waals surface area contributed by atoms with Crippen LogP contribution in [0.15, 0.2) is 28.8 Å². The summed E-state index contributed by atoms with van der Waals surface area (Å²) in [5.74, 6) is 2.18. The lowest BCUT2D eigenvalue weighted by Crippen LogP contribution is -2.32. The molecule has 7 nitrogen and oxygen atoms in total. The fourth-order valence-electron chi connectivity index (χ4n) is 3.00. The number of amides is 1. The number of hydrogen-bond donors (Lipinski definition) is 1. The number of aromatic nitrogens is 3. The molecule has 1 fully saturated rings. The van der Waals surface area contributed by atoms with Gasteiger partial charge >= 0.3 is 0 Å². The number of thiazole rings is 1. The molecule has 2 aromatic heterocycles. The van der Waals surface area contributed by atoms with Crippen LogP contribution in [0.3, 0.4) is 0 Å². The zero-order valence-corrected chi connectivity index (χ0v) is 18.6. The van der Waals surface area contributed by atoms with Crippen molar-refractivity contribution in [2.75, 3.05) is 0 Å². The lowest BCUT2D eigenvalue weighted by atomic mass is 10.0. The summed E-state index contributed by atoms with van der Waals surface area (Å²) in [6, 6.07) is 6.77. The van der Waals surface area contributed by atoms with Gasteiger partial charge in [0.1, 0.15) is 28.3 Å². The predicted molar refractivity (Wildman–Crippen MR) is 114 cm³/mol. The van der Waals surface area contributed by atoms with Gasteiger partial charge in [0, 0.05) is 10.9 Å². The van der Waals surface area contributed by atoms with E-state index in [1.807, 2.05) is 20.8 Å². The number of rotatable bonds is 8. The summed E-state index contributed by atoms with van der Waals surface area (Å²) >= 11 is 7.21. The molecule has 1 amide bonds. The number of ether oxygens (including phenoxy) is 1. The topological polar surface area (TPSA) is 90.1 Å². The standard InChI is InChI=1S/C21H23ClN4O3S/c1-11(2)17(21-25-19(26-29-21)13-4-5-13)24-20(27)18-12(3)23-16(30-18)10-28-15-8-6-14(22)7-9-15/h6-9,11,13,17H,4-5,10H2,1-3H3,(H,24,27). The first-order chi connectivity index (χ1) is 14.4. The maximum Gasteiger partial charge on any atom is 0.263 e.